The lowest BCUT2D eigenvalue weighted by atomic mass is 10.1. The fraction of sp³-hybridized carbons (Fsp3) is 0.938. The van der Waals surface area contributed by atoms with E-state index in [4.69, 9.17) is 4.74 Å². The van der Waals surface area contributed by atoms with Crippen molar-refractivity contribution >= 4 is 5.96 Å². The summed E-state index contributed by atoms with van der Waals surface area (Å²) in [6.45, 7) is 10.9. The molecule has 0 amide bonds. The van der Waals surface area contributed by atoms with E-state index in [1.807, 2.05) is 7.05 Å². The van der Waals surface area contributed by atoms with Crippen LogP contribution in [0.15, 0.2) is 4.99 Å². The van der Waals surface area contributed by atoms with E-state index in [1.165, 1.54) is 32.6 Å². The molecule has 2 fully saturated rings. The number of likely N-dealkylation sites (N-methyl/N-ethyl adjacent to an activating group) is 1. The summed E-state index contributed by atoms with van der Waals surface area (Å²) in [5, 5.41) is 6.81. The molecule has 2 N–H and O–H groups in total. The van der Waals surface area contributed by atoms with E-state index in [9.17, 15) is 0 Å². The molecule has 0 aromatic heterocycles. The highest BCUT2D eigenvalue weighted by Crippen LogP contribution is 2.10. The van der Waals surface area contributed by atoms with Gasteiger partial charge in [-0.2, -0.15) is 0 Å². The summed E-state index contributed by atoms with van der Waals surface area (Å²) in [7, 11) is 4.03. The summed E-state index contributed by atoms with van der Waals surface area (Å²) >= 11 is 0. The van der Waals surface area contributed by atoms with Crippen molar-refractivity contribution in [2.24, 2.45) is 10.9 Å². The lowest BCUT2D eigenvalue weighted by Gasteiger charge is -2.34. The maximum Gasteiger partial charge on any atom is 0.191 e. The summed E-state index contributed by atoms with van der Waals surface area (Å²) in [6.07, 6.45) is 2.69. The Morgan fingerprint density at radius 1 is 1.27 bits per heavy atom. The molecule has 0 aromatic rings. The molecule has 128 valence electrons. The Labute approximate surface area is 135 Å². The fourth-order valence-corrected chi connectivity index (χ4v) is 3.04. The largest absolute Gasteiger partial charge is 0.376 e. The number of nitrogens with one attached hydrogen (secondary N) is 2. The van der Waals surface area contributed by atoms with Gasteiger partial charge in [-0.3, -0.25) is 4.99 Å². The van der Waals surface area contributed by atoms with Gasteiger partial charge in [0.2, 0.25) is 0 Å². The van der Waals surface area contributed by atoms with Crippen molar-refractivity contribution in [1.29, 1.82) is 0 Å². The van der Waals surface area contributed by atoms with Crippen LogP contribution in [0.2, 0.25) is 0 Å². The van der Waals surface area contributed by atoms with Crippen LogP contribution in [-0.2, 0) is 4.74 Å². The Balaban J connectivity index is 1.60. The molecule has 2 heterocycles. The molecule has 0 aliphatic carbocycles. The van der Waals surface area contributed by atoms with Crippen molar-refractivity contribution in [2.75, 3.05) is 66.5 Å². The zero-order chi connectivity index (χ0) is 15.8. The Morgan fingerprint density at radius 2 is 2.05 bits per heavy atom. The van der Waals surface area contributed by atoms with Gasteiger partial charge in [-0.25, -0.2) is 0 Å². The predicted octanol–water partition coefficient (Wildman–Crippen LogP) is 0.214. The molecule has 2 saturated heterocycles. The van der Waals surface area contributed by atoms with Gasteiger partial charge in [-0.1, -0.05) is 6.92 Å². The normalized spacial score (nSPS) is 26.1. The second-order valence-corrected chi connectivity index (χ2v) is 6.68. The molecule has 2 aliphatic rings. The third kappa shape index (κ3) is 6.10. The molecule has 2 rings (SSSR count). The average Bonchev–Trinajstić information content (AvgIpc) is 3.03. The van der Waals surface area contributed by atoms with Gasteiger partial charge in [0.25, 0.3) is 0 Å². The minimum atomic E-state index is 0.348. The van der Waals surface area contributed by atoms with Gasteiger partial charge in [-0.15, -0.1) is 0 Å². The van der Waals surface area contributed by atoms with Crippen LogP contribution in [-0.4, -0.2) is 88.4 Å². The standard InChI is InChI=1S/C16H33N5O/c1-14(13-21-8-6-20(3)7-9-21)11-18-16(17-2)19-12-15-5-4-10-22-15/h14-15H,4-13H2,1-3H3,(H2,17,18,19). The second kappa shape index (κ2) is 9.33. The number of hydrogen-bond acceptors (Lipinski definition) is 4. The van der Waals surface area contributed by atoms with Gasteiger partial charge < -0.3 is 25.2 Å². The predicted molar refractivity (Wildman–Crippen MR) is 91.4 cm³/mol. The monoisotopic (exact) mass is 311 g/mol. The minimum Gasteiger partial charge on any atom is -0.376 e. The maximum absolute atomic E-state index is 5.63. The molecule has 2 unspecified atom stereocenters. The third-order valence-electron chi connectivity index (χ3n) is 4.53. The highest BCUT2D eigenvalue weighted by atomic mass is 16.5. The van der Waals surface area contributed by atoms with E-state index in [2.05, 4.69) is 39.4 Å². The van der Waals surface area contributed by atoms with Crippen molar-refractivity contribution in [3.63, 3.8) is 0 Å². The number of guanidine groups is 1. The van der Waals surface area contributed by atoms with Crippen LogP contribution in [0.1, 0.15) is 19.8 Å². The topological polar surface area (TPSA) is 52.1 Å². The molecule has 6 heteroatoms. The summed E-state index contributed by atoms with van der Waals surface area (Å²) < 4.78 is 5.63. The van der Waals surface area contributed by atoms with Gasteiger partial charge in [0.05, 0.1) is 6.10 Å². The summed E-state index contributed by atoms with van der Waals surface area (Å²) in [6, 6.07) is 0. The highest BCUT2D eigenvalue weighted by molar-refractivity contribution is 5.79. The SMILES string of the molecule is CN=C(NCC(C)CN1CCN(C)CC1)NCC1CCCO1. The van der Waals surface area contributed by atoms with E-state index >= 15 is 0 Å². The molecule has 0 bridgehead atoms. The number of aliphatic imine (C=N–C) groups is 1. The molecular weight excluding hydrogens is 278 g/mol. The number of nitrogens with zero attached hydrogens (tertiary/aromatic N) is 3. The first kappa shape index (κ1) is 17.5. The van der Waals surface area contributed by atoms with E-state index in [0.29, 0.717) is 12.0 Å². The highest BCUT2D eigenvalue weighted by Gasteiger charge is 2.17. The number of hydrogen-bond donors (Lipinski definition) is 2. The minimum absolute atomic E-state index is 0.348. The summed E-state index contributed by atoms with van der Waals surface area (Å²) in [4.78, 5) is 9.26. The van der Waals surface area contributed by atoms with E-state index < -0.39 is 0 Å². The van der Waals surface area contributed by atoms with Crippen molar-refractivity contribution in [2.45, 2.75) is 25.9 Å². The van der Waals surface area contributed by atoms with E-state index in [0.717, 1.165) is 38.6 Å². The Bertz CT molecular complexity index is 335. The first-order valence-corrected chi connectivity index (χ1v) is 8.64. The van der Waals surface area contributed by atoms with Gasteiger partial charge in [0.15, 0.2) is 5.96 Å². The van der Waals surface area contributed by atoms with Crippen LogP contribution in [0.3, 0.4) is 0 Å². The van der Waals surface area contributed by atoms with Crippen LogP contribution >= 0.6 is 0 Å². The van der Waals surface area contributed by atoms with E-state index in [1.54, 1.807) is 0 Å². The lowest BCUT2D eigenvalue weighted by Crippen LogP contribution is -2.48. The molecule has 22 heavy (non-hydrogen) atoms. The number of rotatable bonds is 6. The van der Waals surface area contributed by atoms with Crippen LogP contribution in [0.25, 0.3) is 0 Å². The van der Waals surface area contributed by atoms with Gasteiger partial charge in [0, 0.05) is 59.5 Å². The van der Waals surface area contributed by atoms with Gasteiger partial charge in [-0.05, 0) is 25.8 Å². The van der Waals surface area contributed by atoms with Gasteiger partial charge in [0.1, 0.15) is 0 Å². The van der Waals surface area contributed by atoms with Crippen molar-refractivity contribution in [1.82, 2.24) is 20.4 Å². The quantitative estimate of drug-likeness (QED) is 0.543. The number of piperazine rings is 1. The molecule has 0 aromatic carbocycles. The zero-order valence-corrected chi connectivity index (χ0v) is 14.5. The first-order valence-electron chi connectivity index (χ1n) is 8.64. The van der Waals surface area contributed by atoms with Crippen LogP contribution in [0, 0.1) is 5.92 Å². The summed E-state index contributed by atoms with van der Waals surface area (Å²) in [5.74, 6) is 1.51. The fourth-order valence-electron chi connectivity index (χ4n) is 3.04. The molecular formula is C16H33N5O. The van der Waals surface area contributed by atoms with Crippen LogP contribution in [0.4, 0.5) is 0 Å². The molecule has 2 atom stereocenters. The molecule has 0 spiro atoms. The smallest absolute Gasteiger partial charge is 0.191 e. The van der Waals surface area contributed by atoms with Crippen molar-refractivity contribution in [3.8, 4) is 0 Å². The van der Waals surface area contributed by atoms with Crippen LogP contribution in [0.5, 0.6) is 0 Å². The number of ether oxygens (including phenoxy) is 1. The van der Waals surface area contributed by atoms with Crippen molar-refractivity contribution < 1.29 is 4.74 Å². The summed E-state index contributed by atoms with van der Waals surface area (Å²) in [5.41, 5.74) is 0. The molecule has 2 aliphatic heterocycles. The van der Waals surface area contributed by atoms with Crippen LogP contribution < -0.4 is 10.6 Å². The Hall–Kier alpha value is -0.850. The molecule has 0 radical (unpaired) electrons. The van der Waals surface area contributed by atoms with Crippen molar-refractivity contribution in [3.05, 3.63) is 0 Å². The second-order valence-electron chi connectivity index (χ2n) is 6.68. The van der Waals surface area contributed by atoms with E-state index in [-0.39, 0.29) is 0 Å². The molecule has 0 saturated carbocycles. The average molecular weight is 311 g/mol. The Kier molecular flexibility index (Phi) is 7.42. The lowest BCUT2D eigenvalue weighted by molar-refractivity contribution is 0.113. The first-order chi connectivity index (χ1) is 10.7. The van der Waals surface area contributed by atoms with Gasteiger partial charge >= 0.3 is 0 Å². The maximum atomic E-state index is 5.63. The zero-order valence-electron chi connectivity index (χ0n) is 14.5. The third-order valence-corrected chi connectivity index (χ3v) is 4.53. The molecule has 6 nitrogen and oxygen atoms in total. The Morgan fingerprint density at radius 3 is 2.68 bits per heavy atom.